The fraction of sp³-hybridized carbons (Fsp3) is 0.190. The zero-order valence-corrected chi connectivity index (χ0v) is 14.7. The second-order valence-corrected chi connectivity index (χ2v) is 6.56. The first-order valence-corrected chi connectivity index (χ1v) is 8.77. The van der Waals surface area contributed by atoms with E-state index < -0.39 is 6.23 Å². The first-order valence-electron chi connectivity index (χ1n) is 8.77. The Morgan fingerprint density at radius 2 is 2.04 bits per heavy atom. The number of aromatic hydroxyl groups is 1. The van der Waals surface area contributed by atoms with Crippen LogP contribution in [0.4, 0.5) is 0 Å². The van der Waals surface area contributed by atoms with Crippen molar-refractivity contribution in [3.63, 3.8) is 0 Å². The number of hydrogen-bond donors (Lipinski definition) is 1. The van der Waals surface area contributed by atoms with E-state index in [1.54, 1.807) is 18.4 Å². The van der Waals surface area contributed by atoms with E-state index in [4.69, 9.17) is 19.0 Å². The van der Waals surface area contributed by atoms with Crippen molar-refractivity contribution in [3.8, 4) is 17.2 Å². The lowest BCUT2D eigenvalue weighted by Gasteiger charge is -2.36. The van der Waals surface area contributed by atoms with Gasteiger partial charge in [0.25, 0.3) is 0 Å². The SMILES string of the molecule is COc1cc(C2=NN3[C@@H](C2)c2ccccc2O[C@H]3c2ccco2)ccc1O. The Morgan fingerprint density at radius 1 is 1.15 bits per heavy atom. The molecule has 2 atom stereocenters. The van der Waals surface area contributed by atoms with E-state index in [-0.39, 0.29) is 11.8 Å². The van der Waals surface area contributed by atoms with E-state index in [9.17, 15) is 5.11 Å². The van der Waals surface area contributed by atoms with Crippen molar-refractivity contribution in [2.24, 2.45) is 5.10 Å². The minimum Gasteiger partial charge on any atom is -0.504 e. The van der Waals surface area contributed by atoms with Gasteiger partial charge in [-0.2, -0.15) is 5.10 Å². The van der Waals surface area contributed by atoms with Gasteiger partial charge in [0, 0.05) is 17.5 Å². The summed E-state index contributed by atoms with van der Waals surface area (Å²) in [4.78, 5) is 0. The smallest absolute Gasteiger partial charge is 0.246 e. The molecule has 27 heavy (non-hydrogen) atoms. The van der Waals surface area contributed by atoms with Crippen LogP contribution in [0, 0.1) is 0 Å². The van der Waals surface area contributed by atoms with Crippen molar-refractivity contribution in [1.29, 1.82) is 0 Å². The molecule has 2 aliphatic rings. The normalized spacial score (nSPS) is 20.5. The van der Waals surface area contributed by atoms with Crippen molar-refractivity contribution >= 4 is 5.71 Å². The van der Waals surface area contributed by atoms with Crippen LogP contribution in [0.1, 0.15) is 35.6 Å². The van der Waals surface area contributed by atoms with Crippen LogP contribution in [0.15, 0.2) is 70.4 Å². The number of phenols is 1. The van der Waals surface area contributed by atoms with E-state index in [2.05, 4.69) is 6.07 Å². The van der Waals surface area contributed by atoms with Gasteiger partial charge in [-0.1, -0.05) is 18.2 Å². The summed E-state index contributed by atoms with van der Waals surface area (Å²) < 4.78 is 17.0. The summed E-state index contributed by atoms with van der Waals surface area (Å²) in [6, 6.07) is 17.1. The number of hydrogen-bond acceptors (Lipinski definition) is 6. The monoisotopic (exact) mass is 362 g/mol. The van der Waals surface area contributed by atoms with Crippen molar-refractivity contribution < 1.29 is 19.0 Å². The molecule has 1 aromatic heterocycles. The molecule has 5 rings (SSSR count). The fourth-order valence-corrected chi connectivity index (χ4v) is 3.69. The highest BCUT2D eigenvalue weighted by Gasteiger charge is 2.42. The van der Waals surface area contributed by atoms with Gasteiger partial charge >= 0.3 is 0 Å². The highest BCUT2D eigenvalue weighted by Crippen LogP contribution is 2.47. The van der Waals surface area contributed by atoms with E-state index in [0.29, 0.717) is 11.5 Å². The van der Waals surface area contributed by atoms with Gasteiger partial charge in [0.05, 0.1) is 25.1 Å². The van der Waals surface area contributed by atoms with Gasteiger partial charge in [-0.25, -0.2) is 5.01 Å². The molecule has 6 nitrogen and oxygen atoms in total. The predicted octanol–water partition coefficient (Wildman–Crippen LogP) is 4.24. The molecule has 0 fully saturated rings. The number of para-hydroxylation sites is 1. The van der Waals surface area contributed by atoms with Crippen molar-refractivity contribution in [2.75, 3.05) is 7.11 Å². The lowest BCUT2D eigenvalue weighted by atomic mass is 9.96. The van der Waals surface area contributed by atoms with E-state index in [1.165, 1.54) is 7.11 Å². The van der Waals surface area contributed by atoms with Crippen LogP contribution in [0.5, 0.6) is 17.2 Å². The maximum atomic E-state index is 9.87. The Kier molecular flexibility index (Phi) is 3.57. The largest absolute Gasteiger partial charge is 0.504 e. The molecule has 0 aliphatic carbocycles. The zero-order valence-electron chi connectivity index (χ0n) is 14.7. The summed E-state index contributed by atoms with van der Waals surface area (Å²) in [7, 11) is 1.54. The summed E-state index contributed by atoms with van der Waals surface area (Å²) in [6.07, 6.45) is 1.95. The molecular formula is C21H18N2O4. The highest BCUT2D eigenvalue weighted by atomic mass is 16.5. The van der Waals surface area contributed by atoms with E-state index in [0.717, 1.165) is 29.0 Å². The molecule has 0 radical (unpaired) electrons. The van der Waals surface area contributed by atoms with Gasteiger partial charge in [-0.15, -0.1) is 0 Å². The zero-order chi connectivity index (χ0) is 18.4. The first kappa shape index (κ1) is 15.8. The summed E-state index contributed by atoms with van der Waals surface area (Å²) in [6.45, 7) is 0. The number of ether oxygens (including phenoxy) is 2. The topological polar surface area (TPSA) is 67.4 Å². The molecule has 0 bridgehead atoms. The third kappa shape index (κ3) is 2.52. The molecule has 6 heteroatoms. The molecule has 136 valence electrons. The van der Waals surface area contributed by atoms with Gasteiger partial charge in [0.2, 0.25) is 6.23 Å². The van der Waals surface area contributed by atoms with Gasteiger partial charge in [-0.05, 0) is 36.4 Å². The number of phenolic OH excluding ortho intramolecular Hbond substituents is 1. The molecule has 2 aliphatic heterocycles. The molecule has 0 amide bonds. The van der Waals surface area contributed by atoms with Crippen molar-refractivity contribution in [3.05, 3.63) is 77.7 Å². The Labute approximate surface area is 156 Å². The molecule has 0 spiro atoms. The Hall–Kier alpha value is -3.41. The van der Waals surface area contributed by atoms with Crippen LogP contribution < -0.4 is 9.47 Å². The number of hydrazone groups is 1. The number of furan rings is 1. The number of methoxy groups -OCH3 is 1. The van der Waals surface area contributed by atoms with Crippen LogP contribution in [0.25, 0.3) is 0 Å². The number of benzene rings is 2. The average Bonchev–Trinajstić information content (AvgIpc) is 3.38. The lowest BCUT2D eigenvalue weighted by molar-refractivity contribution is -0.0325. The molecule has 3 heterocycles. The minimum absolute atomic E-state index is 0.0554. The van der Waals surface area contributed by atoms with Crippen LogP contribution >= 0.6 is 0 Å². The average molecular weight is 362 g/mol. The van der Waals surface area contributed by atoms with Gasteiger partial charge in [0.1, 0.15) is 5.75 Å². The second-order valence-electron chi connectivity index (χ2n) is 6.56. The summed E-state index contributed by atoms with van der Waals surface area (Å²) in [5.74, 6) is 2.10. The Bertz CT molecular complexity index is 1010. The minimum atomic E-state index is -0.420. The molecule has 0 saturated carbocycles. The van der Waals surface area contributed by atoms with Crippen LogP contribution in [-0.2, 0) is 0 Å². The maximum Gasteiger partial charge on any atom is 0.246 e. The first-order chi connectivity index (χ1) is 13.2. The summed E-state index contributed by atoms with van der Waals surface area (Å²) >= 11 is 0. The van der Waals surface area contributed by atoms with Gasteiger partial charge < -0.3 is 19.0 Å². The molecule has 2 aromatic carbocycles. The summed E-state index contributed by atoms with van der Waals surface area (Å²) in [5, 5.41) is 16.7. The number of nitrogens with zero attached hydrogens (tertiary/aromatic N) is 2. The predicted molar refractivity (Wildman–Crippen MR) is 98.9 cm³/mol. The molecule has 3 aromatic rings. The maximum absolute atomic E-state index is 9.87. The summed E-state index contributed by atoms with van der Waals surface area (Å²) in [5.41, 5.74) is 2.93. The quantitative estimate of drug-likeness (QED) is 0.755. The Morgan fingerprint density at radius 3 is 2.85 bits per heavy atom. The van der Waals surface area contributed by atoms with Crippen molar-refractivity contribution in [1.82, 2.24) is 5.01 Å². The Balaban J connectivity index is 1.58. The van der Waals surface area contributed by atoms with E-state index in [1.807, 2.05) is 41.4 Å². The molecule has 1 N–H and O–H groups in total. The number of fused-ring (bicyclic) bond motifs is 3. The van der Waals surface area contributed by atoms with Crippen LogP contribution in [-0.4, -0.2) is 22.9 Å². The van der Waals surface area contributed by atoms with Gasteiger partial charge in [0.15, 0.2) is 17.3 Å². The van der Waals surface area contributed by atoms with Crippen LogP contribution in [0.2, 0.25) is 0 Å². The van der Waals surface area contributed by atoms with Crippen LogP contribution in [0.3, 0.4) is 0 Å². The third-order valence-electron chi connectivity index (χ3n) is 5.00. The molecule has 0 saturated heterocycles. The second kappa shape index (κ2) is 6.09. The van der Waals surface area contributed by atoms with E-state index >= 15 is 0 Å². The highest BCUT2D eigenvalue weighted by molar-refractivity contribution is 6.02. The fourth-order valence-electron chi connectivity index (χ4n) is 3.69. The van der Waals surface area contributed by atoms with Crippen molar-refractivity contribution in [2.45, 2.75) is 18.7 Å². The molecular weight excluding hydrogens is 344 g/mol. The lowest BCUT2D eigenvalue weighted by Crippen LogP contribution is -2.33. The standard InChI is InChI=1S/C21H18N2O4/c1-25-20-11-13(8-9-17(20)24)15-12-16-14-5-2-3-6-18(14)27-21(23(16)22-15)19-7-4-10-26-19/h2-11,16,21,24H,12H2,1H3/t16-,21-/m0/s1. The third-order valence-corrected chi connectivity index (χ3v) is 5.00. The number of rotatable bonds is 3. The van der Waals surface area contributed by atoms with Gasteiger partial charge in [-0.3, -0.25) is 0 Å². The molecule has 0 unspecified atom stereocenters.